The van der Waals surface area contributed by atoms with Crippen molar-refractivity contribution in [3.8, 4) is 0 Å². The smallest absolute Gasteiger partial charge is 0.238 e. The molecule has 0 aliphatic carbocycles. The topological polar surface area (TPSA) is 53.6 Å². The van der Waals surface area contributed by atoms with Crippen LogP contribution < -0.4 is 10.6 Å². The van der Waals surface area contributed by atoms with E-state index in [2.05, 4.69) is 22.6 Å². The average molecular weight is 261 g/mol. The number of hydrogen-bond donors (Lipinski definition) is 2. The van der Waals surface area contributed by atoms with Crippen molar-refractivity contribution in [2.45, 2.75) is 12.5 Å². The molecule has 1 saturated heterocycles. The Labute approximate surface area is 108 Å². The van der Waals surface area contributed by atoms with Gasteiger partial charge in [-0.3, -0.25) is 10.1 Å². The molecule has 1 amide bonds. The Morgan fingerprint density at radius 3 is 3.06 bits per heavy atom. The summed E-state index contributed by atoms with van der Waals surface area (Å²) in [7, 11) is 3.77. The molecule has 5 nitrogen and oxygen atoms in total. The van der Waals surface area contributed by atoms with Crippen LogP contribution in [0.4, 0.5) is 0 Å². The molecule has 2 N–H and O–H groups in total. The second kappa shape index (κ2) is 8.74. The van der Waals surface area contributed by atoms with E-state index in [1.165, 1.54) is 0 Å². The van der Waals surface area contributed by atoms with Crippen LogP contribution in [0.3, 0.4) is 0 Å². The second-order valence-corrected chi connectivity index (χ2v) is 5.24. The molecule has 1 unspecified atom stereocenters. The summed E-state index contributed by atoms with van der Waals surface area (Å²) in [5.41, 5.74) is 0. The number of carbonyl (C=O) groups is 1. The number of ether oxygens (including phenoxy) is 1. The largest absolute Gasteiger partial charge is 0.383 e. The molecule has 1 rings (SSSR count). The van der Waals surface area contributed by atoms with Crippen LogP contribution in [0, 0.1) is 0 Å². The van der Waals surface area contributed by atoms with Crippen molar-refractivity contribution in [2.24, 2.45) is 0 Å². The number of likely N-dealkylation sites (N-methyl/N-ethyl adjacent to an activating group) is 1. The van der Waals surface area contributed by atoms with Gasteiger partial charge in [-0.25, -0.2) is 0 Å². The molecule has 6 heteroatoms. The first-order valence-corrected chi connectivity index (χ1v) is 7.16. The van der Waals surface area contributed by atoms with Gasteiger partial charge in [-0.05, 0) is 20.0 Å². The van der Waals surface area contributed by atoms with E-state index in [4.69, 9.17) is 4.74 Å². The summed E-state index contributed by atoms with van der Waals surface area (Å²) in [5.74, 6) is 1.91. The van der Waals surface area contributed by atoms with Crippen molar-refractivity contribution in [1.82, 2.24) is 15.5 Å². The van der Waals surface area contributed by atoms with Crippen LogP contribution in [0.2, 0.25) is 0 Å². The Kier molecular flexibility index (Phi) is 7.59. The minimum atomic E-state index is 0.00576. The third kappa shape index (κ3) is 6.26. The van der Waals surface area contributed by atoms with E-state index in [9.17, 15) is 4.79 Å². The Morgan fingerprint density at radius 2 is 2.41 bits per heavy atom. The average Bonchev–Trinajstić information content (AvgIpc) is 2.85. The first-order chi connectivity index (χ1) is 8.24. The van der Waals surface area contributed by atoms with Crippen LogP contribution in [0.1, 0.15) is 6.42 Å². The lowest BCUT2D eigenvalue weighted by atomic mass is 10.3. The zero-order valence-corrected chi connectivity index (χ0v) is 11.5. The molecular weight excluding hydrogens is 238 g/mol. The van der Waals surface area contributed by atoms with Crippen molar-refractivity contribution in [3.05, 3.63) is 0 Å². The number of rotatable bonds is 8. The molecule has 17 heavy (non-hydrogen) atoms. The molecule has 1 fully saturated rings. The quantitative estimate of drug-likeness (QED) is 0.589. The van der Waals surface area contributed by atoms with Gasteiger partial charge in [0.15, 0.2) is 0 Å². The van der Waals surface area contributed by atoms with Crippen molar-refractivity contribution >= 4 is 17.7 Å². The fraction of sp³-hybridized carbons (Fsp3) is 0.909. The van der Waals surface area contributed by atoms with Crippen LogP contribution in [0.5, 0.6) is 0 Å². The van der Waals surface area contributed by atoms with Crippen molar-refractivity contribution < 1.29 is 9.53 Å². The van der Waals surface area contributed by atoms with Gasteiger partial charge >= 0.3 is 0 Å². The van der Waals surface area contributed by atoms with E-state index in [1.807, 2.05) is 0 Å². The van der Waals surface area contributed by atoms with E-state index in [0.29, 0.717) is 0 Å². The van der Waals surface area contributed by atoms with Gasteiger partial charge in [-0.15, -0.1) is 11.8 Å². The first-order valence-electron chi connectivity index (χ1n) is 6.00. The molecule has 0 radical (unpaired) electrons. The first kappa shape index (κ1) is 14.8. The zero-order valence-electron chi connectivity index (χ0n) is 10.7. The maximum absolute atomic E-state index is 11.6. The fourth-order valence-electron chi connectivity index (χ4n) is 1.61. The fourth-order valence-corrected chi connectivity index (χ4v) is 2.55. The molecule has 0 saturated carbocycles. The normalized spacial score (nSPS) is 19.8. The Hall–Kier alpha value is -0.300. The third-order valence-corrected chi connectivity index (χ3v) is 3.67. The Morgan fingerprint density at radius 1 is 1.59 bits per heavy atom. The highest BCUT2D eigenvalue weighted by Crippen LogP contribution is 2.08. The van der Waals surface area contributed by atoms with E-state index in [0.717, 1.165) is 44.3 Å². The summed E-state index contributed by atoms with van der Waals surface area (Å²) < 4.78 is 5.00. The van der Waals surface area contributed by atoms with E-state index >= 15 is 0 Å². The van der Waals surface area contributed by atoms with Gasteiger partial charge in [0.1, 0.15) is 0 Å². The maximum Gasteiger partial charge on any atom is 0.238 e. The van der Waals surface area contributed by atoms with E-state index in [1.54, 1.807) is 18.9 Å². The minimum Gasteiger partial charge on any atom is -0.383 e. The lowest BCUT2D eigenvalue weighted by molar-refractivity contribution is -0.122. The molecule has 0 aromatic rings. The summed E-state index contributed by atoms with van der Waals surface area (Å²) in [5, 5.41) is 6.12. The Bertz CT molecular complexity index is 223. The van der Waals surface area contributed by atoms with Crippen LogP contribution in [-0.4, -0.2) is 68.9 Å². The highest BCUT2D eigenvalue weighted by molar-refractivity contribution is 7.99. The summed E-state index contributed by atoms with van der Waals surface area (Å²) >= 11 is 1.77. The molecule has 0 aromatic heterocycles. The number of hydrogen-bond acceptors (Lipinski definition) is 5. The molecule has 1 aliphatic heterocycles. The number of amides is 1. The van der Waals surface area contributed by atoms with Crippen LogP contribution in [0.15, 0.2) is 0 Å². The van der Waals surface area contributed by atoms with Crippen molar-refractivity contribution in [3.63, 3.8) is 0 Å². The molecule has 0 bridgehead atoms. The summed E-state index contributed by atoms with van der Waals surface area (Å²) in [6.45, 7) is 3.42. The number of thioether (sulfide) groups is 1. The highest BCUT2D eigenvalue weighted by atomic mass is 32.2. The molecule has 0 spiro atoms. The van der Waals surface area contributed by atoms with Crippen LogP contribution in [0.25, 0.3) is 0 Å². The van der Waals surface area contributed by atoms with Gasteiger partial charge in [0, 0.05) is 31.8 Å². The summed E-state index contributed by atoms with van der Waals surface area (Å²) in [4.78, 5) is 13.8. The van der Waals surface area contributed by atoms with Crippen LogP contribution >= 0.6 is 11.8 Å². The molecular formula is C11H23N3O2S. The van der Waals surface area contributed by atoms with Gasteiger partial charge in [0.25, 0.3) is 0 Å². The number of carbonyl (C=O) groups excluding carboxylic acids is 1. The zero-order chi connectivity index (χ0) is 12.5. The van der Waals surface area contributed by atoms with Gasteiger partial charge in [0.05, 0.1) is 12.6 Å². The third-order valence-electron chi connectivity index (χ3n) is 2.73. The summed E-state index contributed by atoms with van der Waals surface area (Å²) in [6.07, 6.45) is 0.978. The molecule has 0 aromatic carbocycles. The number of nitrogens with zero attached hydrogens (tertiary/aromatic N) is 1. The predicted molar refractivity (Wildman–Crippen MR) is 71.2 cm³/mol. The molecule has 1 heterocycles. The standard InChI is InChI=1S/C11H23N3O2S/c1-14(6-7-16-2)5-3-4-12-11(15)10-8-17-9-13-10/h10,13H,3-9H2,1-2H3,(H,12,15). The lowest BCUT2D eigenvalue weighted by Gasteiger charge is -2.16. The van der Waals surface area contributed by atoms with Crippen LogP contribution in [-0.2, 0) is 9.53 Å². The van der Waals surface area contributed by atoms with Gasteiger partial charge in [-0.2, -0.15) is 0 Å². The monoisotopic (exact) mass is 261 g/mol. The van der Waals surface area contributed by atoms with Gasteiger partial charge < -0.3 is 15.0 Å². The van der Waals surface area contributed by atoms with Crippen molar-refractivity contribution in [2.75, 3.05) is 52.0 Å². The molecule has 1 aliphatic rings. The lowest BCUT2D eigenvalue weighted by Crippen LogP contribution is -2.42. The van der Waals surface area contributed by atoms with Crippen molar-refractivity contribution in [1.29, 1.82) is 0 Å². The van der Waals surface area contributed by atoms with Gasteiger partial charge in [-0.1, -0.05) is 0 Å². The van der Waals surface area contributed by atoms with Gasteiger partial charge in [0.2, 0.25) is 5.91 Å². The van der Waals surface area contributed by atoms with E-state index < -0.39 is 0 Å². The van der Waals surface area contributed by atoms with E-state index in [-0.39, 0.29) is 11.9 Å². The maximum atomic E-state index is 11.6. The number of methoxy groups -OCH3 is 1. The summed E-state index contributed by atoms with van der Waals surface area (Å²) in [6, 6.07) is 0.00576. The molecule has 1 atom stereocenters. The Balaban J connectivity index is 1.97. The SMILES string of the molecule is COCCN(C)CCCNC(=O)C1CSCN1. The second-order valence-electron chi connectivity index (χ2n) is 4.21. The minimum absolute atomic E-state index is 0.00576. The highest BCUT2D eigenvalue weighted by Gasteiger charge is 2.21. The molecule has 100 valence electrons. The number of nitrogens with one attached hydrogen (secondary N) is 2. The predicted octanol–water partition coefficient (Wildman–Crippen LogP) is -0.267.